The minimum atomic E-state index is -0.467. The fraction of sp³-hybridized carbons (Fsp3) is 0.600. The van der Waals surface area contributed by atoms with Crippen LogP contribution in [0.25, 0.3) is 0 Å². The number of halogens is 1. The van der Waals surface area contributed by atoms with Gasteiger partial charge >= 0.3 is 6.09 Å². The van der Waals surface area contributed by atoms with Gasteiger partial charge in [-0.3, -0.25) is 0 Å². The second kappa shape index (κ2) is 6.64. The van der Waals surface area contributed by atoms with Crippen LogP contribution in [-0.4, -0.2) is 35.8 Å². The Morgan fingerprint density at radius 1 is 1.48 bits per heavy atom. The number of carbonyl (C=O) groups is 1. The molecule has 21 heavy (non-hydrogen) atoms. The van der Waals surface area contributed by atoms with Crippen LogP contribution in [0.1, 0.15) is 33.6 Å². The van der Waals surface area contributed by atoms with Gasteiger partial charge in [-0.15, -0.1) is 0 Å². The molecule has 116 valence electrons. The van der Waals surface area contributed by atoms with Crippen LogP contribution < -0.4 is 10.2 Å². The number of rotatable bonds is 2. The van der Waals surface area contributed by atoms with Crippen LogP contribution in [0.5, 0.6) is 0 Å². The number of alkyl carbamates (subject to hydrolysis) is 1. The molecule has 0 unspecified atom stereocenters. The zero-order chi connectivity index (χ0) is 15.5. The first-order chi connectivity index (χ1) is 9.83. The van der Waals surface area contributed by atoms with E-state index in [0.29, 0.717) is 0 Å². The van der Waals surface area contributed by atoms with Gasteiger partial charge in [-0.1, -0.05) is 0 Å². The molecular weight excluding hydrogens is 334 g/mol. The Bertz CT molecular complexity index is 485. The highest BCUT2D eigenvalue weighted by molar-refractivity contribution is 9.10. The van der Waals surface area contributed by atoms with Gasteiger partial charge in [0, 0.05) is 29.8 Å². The summed E-state index contributed by atoms with van der Waals surface area (Å²) >= 11 is 3.39. The molecule has 0 spiro atoms. The number of nitrogens with one attached hydrogen (secondary N) is 1. The van der Waals surface area contributed by atoms with E-state index in [2.05, 4.69) is 31.1 Å². The van der Waals surface area contributed by atoms with Crippen LogP contribution >= 0.6 is 15.9 Å². The Morgan fingerprint density at radius 2 is 2.24 bits per heavy atom. The molecular formula is C15H22BrN3O2. The molecule has 0 radical (unpaired) electrons. The predicted molar refractivity (Wildman–Crippen MR) is 86.5 cm³/mol. The van der Waals surface area contributed by atoms with E-state index >= 15 is 0 Å². The lowest BCUT2D eigenvalue weighted by Gasteiger charge is -2.34. The van der Waals surface area contributed by atoms with Crippen molar-refractivity contribution in [2.75, 3.05) is 18.0 Å². The Balaban J connectivity index is 1.91. The number of nitrogens with zero attached hydrogens (tertiary/aromatic N) is 2. The van der Waals surface area contributed by atoms with Gasteiger partial charge in [0.1, 0.15) is 11.4 Å². The summed E-state index contributed by atoms with van der Waals surface area (Å²) in [6, 6.07) is 4.06. The number of piperidine rings is 1. The van der Waals surface area contributed by atoms with E-state index in [0.717, 1.165) is 36.2 Å². The zero-order valence-corrected chi connectivity index (χ0v) is 14.3. The van der Waals surface area contributed by atoms with Crippen molar-refractivity contribution >= 4 is 27.8 Å². The minimum Gasteiger partial charge on any atom is -0.444 e. The number of amides is 1. The molecule has 1 N–H and O–H groups in total. The molecule has 1 aliphatic heterocycles. The van der Waals surface area contributed by atoms with Crippen molar-refractivity contribution in [2.24, 2.45) is 0 Å². The summed E-state index contributed by atoms with van der Waals surface area (Å²) < 4.78 is 6.27. The highest BCUT2D eigenvalue weighted by atomic mass is 79.9. The first-order valence-corrected chi connectivity index (χ1v) is 7.99. The third-order valence-electron chi connectivity index (χ3n) is 3.18. The fourth-order valence-corrected chi connectivity index (χ4v) is 2.57. The van der Waals surface area contributed by atoms with E-state index < -0.39 is 5.60 Å². The smallest absolute Gasteiger partial charge is 0.407 e. The van der Waals surface area contributed by atoms with Crippen molar-refractivity contribution in [1.29, 1.82) is 0 Å². The van der Waals surface area contributed by atoms with Crippen LogP contribution in [0, 0.1) is 0 Å². The summed E-state index contributed by atoms with van der Waals surface area (Å²) in [4.78, 5) is 18.4. The normalized spacial score (nSPS) is 19.2. The third-order valence-corrected chi connectivity index (χ3v) is 3.65. The van der Waals surface area contributed by atoms with Gasteiger partial charge in [0.15, 0.2) is 0 Å². The number of hydrogen-bond donors (Lipinski definition) is 1. The SMILES string of the molecule is CC(C)(C)OC(=O)N[C@H]1CCCN(c2ccc(Br)cn2)C1. The van der Waals surface area contributed by atoms with Crippen molar-refractivity contribution < 1.29 is 9.53 Å². The molecule has 0 bridgehead atoms. The summed E-state index contributed by atoms with van der Waals surface area (Å²) in [6.45, 7) is 7.32. The fourth-order valence-electron chi connectivity index (χ4n) is 2.33. The zero-order valence-electron chi connectivity index (χ0n) is 12.7. The molecule has 1 saturated heterocycles. The number of pyridine rings is 1. The summed E-state index contributed by atoms with van der Waals surface area (Å²) in [5.41, 5.74) is -0.467. The average molecular weight is 356 g/mol. The molecule has 1 atom stereocenters. The maximum Gasteiger partial charge on any atom is 0.407 e. The summed E-state index contributed by atoms with van der Waals surface area (Å²) in [5, 5.41) is 2.95. The van der Waals surface area contributed by atoms with Crippen molar-refractivity contribution in [3.05, 3.63) is 22.8 Å². The Hall–Kier alpha value is -1.30. The van der Waals surface area contributed by atoms with Gasteiger partial charge in [0.2, 0.25) is 0 Å². The van der Waals surface area contributed by atoms with Crippen LogP contribution in [0.2, 0.25) is 0 Å². The molecule has 6 heteroatoms. The van der Waals surface area contributed by atoms with E-state index in [1.165, 1.54) is 0 Å². The second-order valence-corrected chi connectivity index (χ2v) is 7.18. The molecule has 0 aliphatic carbocycles. The molecule has 2 heterocycles. The van der Waals surface area contributed by atoms with Gasteiger partial charge < -0.3 is 15.0 Å². The van der Waals surface area contributed by atoms with E-state index in [-0.39, 0.29) is 12.1 Å². The number of carbonyl (C=O) groups excluding carboxylic acids is 1. The molecule has 1 aliphatic rings. The third kappa shape index (κ3) is 5.19. The molecule has 1 aromatic heterocycles. The summed E-state index contributed by atoms with van der Waals surface area (Å²) in [7, 11) is 0. The van der Waals surface area contributed by atoms with Crippen LogP contribution in [0.4, 0.5) is 10.6 Å². The van der Waals surface area contributed by atoms with Crippen LogP contribution in [0.15, 0.2) is 22.8 Å². The Morgan fingerprint density at radius 3 is 2.86 bits per heavy atom. The largest absolute Gasteiger partial charge is 0.444 e. The van der Waals surface area contributed by atoms with E-state index in [1.54, 1.807) is 6.20 Å². The Labute approximate surface area is 134 Å². The summed E-state index contributed by atoms with van der Waals surface area (Å²) in [5.74, 6) is 0.939. The van der Waals surface area contributed by atoms with Gasteiger partial charge in [-0.25, -0.2) is 9.78 Å². The predicted octanol–water partition coefficient (Wildman–Crippen LogP) is 3.34. The Kier molecular flexibility index (Phi) is 5.08. The molecule has 1 amide bonds. The quantitative estimate of drug-likeness (QED) is 0.883. The van der Waals surface area contributed by atoms with Crippen molar-refractivity contribution in [2.45, 2.75) is 45.3 Å². The van der Waals surface area contributed by atoms with Crippen molar-refractivity contribution in [3.8, 4) is 0 Å². The van der Waals surface area contributed by atoms with E-state index in [1.807, 2.05) is 32.9 Å². The van der Waals surface area contributed by atoms with Crippen LogP contribution in [0.3, 0.4) is 0 Å². The highest BCUT2D eigenvalue weighted by Gasteiger charge is 2.24. The number of anilines is 1. The van der Waals surface area contributed by atoms with Crippen LogP contribution in [-0.2, 0) is 4.74 Å². The molecule has 1 fully saturated rings. The van der Waals surface area contributed by atoms with E-state index in [4.69, 9.17) is 4.74 Å². The first-order valence-electron chi connectivity index (χ1n) is 7.19. The van der Waals surface area contributed by atoms with E-state index in [9.17, 15) is 4.79 Å². The lowest BCUT2D eigenvalue weighted by molar-refractivity contribution is 0.0500. The van der Waals surface area contributed by atoms with Gasteiger partial charge in [0.25, 0.3) is 0 Å². The second-order valence-electron chi connectivity index (χ2n) is 6.27. The van der Waals surface area contributed by atoms with Gasteiger partial charge in [-0.05, 0) is 61.7 Å². The molecule has 1 aromatic rings. The first kappa shape index (κ1) is 16.1. The maximum absolute atomic E-state index is 11.8. The maximum atomic E-state index is 11.8. The molecule has 2 rings (SSSR count). The topological polar surface area (TPSA) is 54.5 Å². The number of hydrogen-bond acceptors (Lipinski definition) is 4. The number of ether oxygens (including phenoxy) is 1. The molecule has 0 aromatic carbocycles. The molecule has 0 saturated carbocycles. The summed E-state index contributed by atoms with van der Waals surface area (Å²) in [6.07, 6.45) is 3.43. The number of aromatic nitrogens is 1. The standard InChI is InChI=1S/C15H22BrN3O2/c1-15(2,3)21-14(20)18-12-5-4-8-19(10-12)13-7-6-11(16)9-17-13/h6-7,9,12H,4-5,8,10H2,1-3H3,(H,18,20)/t12-/m0/s1. The lowest BCUT2D eigenvalue weighted by Crippen LogP contribution is -2.49. The average Bonchev–Trinajstić information content (AvgIpc) is 2.37. The van der Waals surface area contributed by atoms with Gasteiger partial charge in [-0.2, -0.15) is 0 Å². The van der Waals surface area contributed by atoms with Gasteiger partial charge in [0.05, 0.1) is 0 Å². The highest BCUT2D eigenvalue weighted by Crippen LogP contribution is 2.20. The van der Waals surface area contributed by atoms with Crippen molar-refractivity contribution in [1.82, 2.24) is 10.3 Å². The van der Waals surface area contributed by atoms with Crippen molar-refractivity contribution in [3.63, 3.8) is 0 Å². The lowest BCUT2D eigenvalue weighted by atomic mass is 10.1. The molecule has 5 nitrogen and oxygen atoms in total. The monoisotopic (exact) mass is 355 g/mol. The minimum absolute atomic E-state index is 0.0963.